The Morgan fingerprint density at radius 1 is 1.00 bits per heavy atom. The summed E-state index contributed by atoms with van der Waals surface area (Å²) < 4.78 is 26.4. The molecule has 3 rings (SSSR count). The number of hydrogen-bond acceptors (Lipinski definition) is 6. The quantitative estimate of drug-likeness (QED) is 0.661. The number of aromatic nitrogens is 3. The number of benzene rings is 2. The van der Waals surface area contributed by atoms with E-state index < -0.39 is 11.6 Å². The second-order valence-electron chi connectivity index (χ2n) is 5.20. The molecular formula is C17H15F2N5S. The zero-order valence-corrected chi connectivity index (χ0v) is 14.1. The summed E-state index contributed by atoms with van der Waals surface area (Å²) in [5.74, 6) is -0.914. The van der Waals surface area contributed by atoms with Gasteiger partial charge < -0.3 is 11.1 Å². The highest BCUT2D eigenvalue weighted by atomic mass is 32.2. The number of nitrogens with one attached hydrogen (secondary N) is 1. The number of nitrogen functional groups attached to an aromatic ring is 1. The van der Waals surface area contributed by atoms with E-state index in [1.165, 1.54) is 17.8 Å². The molecule has 0 aliphatic carbocycles. The lowest BCUT2D eigenvalue weighted by atomic mass is 10.3. The first-order chi connectivity index (χ1) is 12.0. The number of halogens is 2. The number of para-hydroxylation sites is 1. The highest BCUT2D eigenvalue weighted by Crippen LogP contribution is 2.34. The lowest BCUT2D eigenvalue weighted by molar-refractivity contribution is 0.506. The minimum absolute atomic E-state index is 0.0844. The molecule has 128 valence electrons. The molecule has 1 atom stereocenters. The molecule has 2 aromatic carbocycles. The van der Waals surface area contributed by atoms with Crippen LogP contribution in [0.2, 0.25) is 0 Å². The van der Waals surface area contributed by atoms with Crippen molar-refractivity contribution < 1.29 is 8.78 Å². The van der Waals surface area contributed by atoms with E-state index in [0.29, 0.717) is 16.7 Å². The molecule has 0 radical (unpaired) electrons. The van der Waals surface area contributed by atoms with Gasteiger partial charge >= 0.3 is 0 Å². The molecule has 3 N–H and O–H groups in total. The Labute approximate surface area is 147 Å². The standard InChI is InChI=1S/C17H15F2N5S/c1-10(25-12-7-8-13(18)14(19)9-12)15-22-16(20)24-17(23-15)21-11-5-3-2-4-6-11/h2-10H,1H3,(H3,20,21,22,23,24). The smallest absolute Gasteiger partial charge is 0.232 e. The lowest BCUT2D eigenvalue weighted by Gasteiger charge is -2.12. The van der Waals surface area contributed by atoms with E-state index in [9.17, 15) is 8.78 Å². The van der Waals surface area contributed by atoms with Crippen molar-refractivity contribution in [3.8, 4) is 0 Å². The minimum Gasteiger partial charge on any atom is -0.368 e. The molecule has 5 nitrogen and oxygen atoms in total. The van der Waals surface area contributed by atoms with Gasteiger partial charge in [-0.15, -0.1) is 11.8 Å². The monoisotopic (exact) mass is 359 g/mol. The van der Waals surface area contributed by atoms with Gasteiger partial charge in [0, 0.05) is 10.6 Å². The summed E-state index contributed by atoms with van der Waals surface area (Å²) in [7, 11) is 0. The Kier molecular flexibility index (Phi) is 5.08. The number of hydrogen-bond donors (Lipinski definition) is 2. The molecule has 0 amide bonds. The molecule has 0 spiro atoms. The summed E-state index contributed by atoms with van der Waals surface area (Å²) >= 11 is 1.30. The van der Waals surface area contributed by atoms with Crippen LogP contribution in [-0.4, -0.2) is 15.0 Å². The Balaban J connectivity index is 1.80. The third-order valence-corrected chi connectivity index (χ3v) is 4.36. The van der Waals surface area contributed by atoms with Gasteiger partial charge in [0.25, 0.3) is 0 Å². The van der Waals surface area contributed by atoms with E-state index in [-0.39, 0.29) is 11.2 Å². The predicted octanol–water partition coefficient (Wildman–Crippen LogP) is 4.33. The van der Waals surface area contributed by atoms with Gasteiger partial charge in [-0.1, -0.05) is 18.2 Å². The molecule has 1 unspecified atom stereocenters. The lowest BCUT2D eigenvalue weighted by Crippen LogP contribution is -2.08. The van der Waals surface area contributed by atoms with Gasteiger partial charge in [0.05, 0.1) is 5.25 Å². The molecule has 0 saturated heterocycles. The van der Waals surface area contributed by atoms with E-state index in [0.717, 1.165) is 17.8 Å². The summed E-state index contributed by atoms with van der Waals surface area (Å²) in [5.41, 5.74) is 6.59. The average Bonchev–Trinajstić information content (AvgIpc) is 2.58. The Morgan fingerprint density at radius 3 is 2.48 bits per heavy atom. The molecule has 1 heterocycles. The van der Waals surface area contributed by atoms with Crippen LogP contribution >= 0.6 is 11.8 Å². The SMILES string of the molecule is CC(Sc1ccc(F)c(F)c1)c1nc(N)nc(Nc2ccccc2)n1. The fourth-order valence-electron chi connectivity index (χ4n) is 2.10. The summed E-state index contributed by atoms with van der Waals surface area (Å²) in [6.07, 6.45) is 0. The van der Waals surface area contributed by atoms with Crippen LogP contribution in [0.15, 0.2) is 53.4 Å². The summed E-state index contributed by atoms with van der Waals surface area (Å²) in [6, 6.07) is 13.2. The first-order valence-corrected chi connectivity index (χ1v) is 8.34. The van der Waals surface area contributed by atoms with E-state index in [2.05, 4.69) is 20.3 Å². The molecule has 0 aliphatic heterocycles. The molecule has 3 aromatic rings. The van der Waals surface area contributed by atoms with Crippen LogP contribution < -0.4 is 11.1 Å². The van der Waals surface area contributed by atoms with Gasteiger partial charge in [0.2, 0.25) is 11.9 Å². The molecule has 0 aliphatic rings. The molecule has 8 heteroatoms. The van der Waals surface area contributed by atoms with Crippen LogP contribution in [0, 0.1) is 11.6 Å². The summed E-state index contributed by atoms with van der Waals surface area (Å²) in [6.45, 7) is 1.85. The van der Waals surface area contributed by atoms with Crippen LogP contribution in [0.25, 0.3) is 0 Å². The van der Waals surface area contributed by atoms with Crippen molar-refractivity contribution in [2.75, 3.05) is 11.1 Å². The van der Waals surface area contributed by atoms with Crippen molar-refractivity contribution in [2.45, 2.75) is 17.1 Å². The third kappa shape index (κ3) is 4.42. The van der Waals surface area contributed by atoms with Gasteiger partial charge in [-0.3, -0.25) is 0 Å². The molecule has 0 fully saturated rings. The van der Waals surface area contributed by atoms with Crippen LogP contribution in [0.4, 0.5) is 26.4 Å². The molecule has 1 aromatic heterocycles. The number of anilines is 3. The maximum absolute atomic E-state index is 13.3. The van der Waals surface area contributed by atoms with E-state index >= 15 is 0 Å². The fourth-order valence-corrected chi connectivity index (χ4v) is 3.04. The van der Waals surface area contributed by atoms with Crippen molar-refractivity contribution in [3.05, 3.63) is 66.0 Å². The normalized spacial score (nSPS) is 12.0. The number of nitrogens with zero attached hydrogens (tertiary/aromatic N) is 3. The Bertz CT molecular complexity index is 876. The van der Waals surface area contributed by atoms with Gasteiger partial charge in [0.1, 0.15) is 5.82 Å². The van der Waals surface area contributed by atoms with Crippen molar-refractivity contribution in [1.29, 1.82) is 0 Å². The zero-order chi connectivity index (χ0) is 17.8. The van der Waals surface area contributed by atoms with E-state index in [1.54, 1.807) is 0 Å². The topological polar surface area (TPSA) is 76.7 Å². The summed E-state index contributed by atoms with van der Waals surface area (Å²) in [5, 5.41) is 2.83. The maximum atomic E-state index is 13.3. The van der Waals surface area contributed by atoms with Crippen molar-refractivity contribution in [1.82, 2.24) is 15.0 Å². The third-order valence-electron chi connectivity index (χ3n) is 3.27. The van der Waals surface area contributed by atoms with Gasteiger partial charge in [-0.05, 0) is 37.3 Å². The van der Waals surface area contributed by atoms with Crippen LogP contribution in [0.5, 0.6) is 0 Å². The van der Waals surface area contributed by atoms with Crippen LogP contribution in [0.3, 0.4) is 0 Å². The number of thioether (sulfide) groups is 1. The highest BCUT2D eigenvalue weighted by Gasteiger charge is 2.15. The number of rotatable bonds is 5. The predicted molar refractivity (Wildman–Crippen MR) is 94.6 cm³/mol. The first kappa shape index (κ1) is 17.1. The van der Waals surface area contributed by atoms with Gasteiger partial charge in [-0.25, -0.2) is 8.78 Å². The van der Waals surface area contributed by atoms with Crippen molar-refractivity contribution >= 4 is 29.3 Å². The van der Waals surface area contributed by atoms with E-state index in [1.807, 2.05) is 37.3 Å². The molecule has 0 bridgehead atoms. The maximum Gasteiger partial charge on any atom is 0.232 e. The first-order valence-electron chi connectivity index (χ1n) is 7.46. The largest absolute Gasteiger partial charge is 0.368 e. The van der Waals surface area contributed by atoms with Crippen molar-refractivity contribution in [3.63, 3.8) is 0 Å². The number of nitrogens with two attached hydrogens (primary N) is 1. The molecular weight excluding hydrogens is 344 g/mol. The second kappa shape index (κ2) is 7.43. The molecule has 0 saturated carbocycles. The average molecular weight is 359 g/mol. The Hall–Kier alpha value is -2.74. The highest BCUT2D eigenvalue weighted by molar-refractivity contribution is 7.99. The Morgan fingerprint density at radius 2 is 1.76 bits per heavy atom. The van der Waals surface area contributed by atoms with Crippen molar-refractivity contribution in [2.24, 2.45) is 0 Å². The zero-order valence-electron chi connectivity index (χ0n) is 13.3. The van der Waals surface area contributed by atoms with Crippen LogP contribution in [0.1, 0.15) is 18.0 Å². The second-order valence-corrected chi connectivity index (χ2v) is 6.62. The summed E-state index contributed by atoms with van der Waals surface area (Å²) in [4.78, 5) is 13.1. The van der Waals surface area contributed by atoms with Gasteiger partial charge in [-0.2, -0.15) is 15.0 Å². The fraction of sp³-hybridized carbons (Fsp3) is 0.118. The van der Waals surface area contributed by atoms with Gasteiger partial charge in [0.15, 0.2) is 11.6 Å². The van der Waals surface area contributed by atoms with E-state index in [4.69, 9.17) is 5.73 Å². The minimum atomic E-state index is -0.890. The van der Waals surface area contributed by atoms with Crippen LogP contribution in [-0.2, 0) is 0 Å². The molecule has 25 heavy (non-hydrogen) atoms.